The van der Waals surface area contributed by atoms with Gasteiger partial charge in [0, 0.05) is 18.2 Å². The molecule has 2 saturated carbocycles. The molecular formula is C18H27N3O2. The van der Waals surface area contributed by atoms with Crippen molar-refractivity contribution in [3.63, 3.8) is 0 Å². The third-order valence-corrected chi connectivity index (χ3v) is 5.06. The summed E-state index contributed by atoms with van der Waals surface area (Å²) in [7, 11) is 0. The maximum Gasteiger partial charge on any atom is 0.228 e. The highest BCUT2D eigenvalue weighted by Gasteiger charge is 2.28. The van der Waals surface area contributed by atoms with Crippen molar-refractivity contribution in [2.45, 2.75) is 57.4 Å². The fourth-order valence-corrected chi connectivity index (χ4v) is 3.64. The van der Waals surface area contributed by atoms with Gasteiger partial charge in [0.1, 0.15) is 0 Å². The summed E-state index contributed by atoms with van der Waals surface area (Å²) in [6, 6.07) is 3.87. The second-order valence-corrected chi connectivity index (χ2v) is 6.92. The molecule has 0 spiro atoms. The Morgan fingerprint density at radius 1 is 1.26 bits per heavy atom. The third-order valence-electron chi connectivity index (χ3n) is 5.06. The minimum Gasteiger partial charge on any atom is -0.489 e. The summed E-state index contributed by atoms with van der Waals surface area (Å²) in [5.74, 6) is 1.85. The van der Waals surface area contributed by atoms with E-state index in [1.54, 1.807) is 6.20 Å². The normalized spacial score (nSPS) is 25.3. The number of pyridine rings is 1. The topological polar surface area (TPSA) is 77.2 Å². The summed E-state index contributed by atoms with van der Waals surface area (Å²) in [5.41, 5.74) is 5.90. The van der Waals surface area contributed by atoms with Crippen molar-refractivity contribution in [2.24, 2.45) is 17.6 Å². The van der Waals surface area contributed by atoms with E-state index in [1.807, 2.05) is 12.1 Å². The fraction of sp³-hybridized carbons (Fsp3) is 0.667. The molecule has 23 heavy (non-hydrogen) atoms. The van der Waals surface area contributed by atoms with Gasteiger partial charge in [-0.3, -0.25) is 4.79 Å². The van der Waals surface area contributed by atoms with E-state index in [2.05, 4.69) is 10.3 Å². The number of nitrogens with zero attached hydrogens (tertiary/aromatic N) is 1. The van der Waals surface area contributed by atoms with Gasteiger partial charge in [-0.05, 0) is 50.2 Å². The molecule has 0 saturated heterocycles. The number of hydrogen-bond donors (Lipinski definition) is 2. The number of amides is 1. The number of ether oxygens (including phenoxy) is 1. The number of carbonyl (C=O) groups excluding carboxylic acids is 1. The minimum atomic E-state index is -0.00167. The van der Waals surface area contributed by atoms with Gasteiger partial charge in [0.25, 0.3) is 0 Å². The zero-order chi connectivity index (χ0) is 16.1. The summed E-state index contributed by atoms with van der Waals surface area (Å²) in [4.78, 5) is 16.6. The maximum atomic E-state index is 12.4. The molecule has 3 rings (SSSR count). The van der Waals surface area contributed by atoms with Crippen molar-refractivity contribution in [1.29, 1.82) is 0 Å². The Morgan fingerprint density at radius 3 is 2.83 bits per heavy atom. The van der Waals surface area contributed by atoms with E-state index in [0.717, 1.165) is 19.3 Å². The van der Waals surface area contributed by atoms with Gasteiger partial charge in [0.15, 0.2) is 11.6 Å². The molecule has 1 heterocycles. The SMILES string of the molecule is NC1CCC(C(=O)Nc2ncccc2OCC2CCCCC2)C1. The van der Waals surface area contributed by atoms with E-state index in [4.69, 9.17) is 10.5 Å². The standard InChI is InChI=1S/C18H27N3O2/c19-15-9-8-14(11-15)18(22)21-17-16(7-4-10-20-17)23-12-13-5-2-1-3-6-13/h4,7,10,13-15H,1-3,5-6,8-9,11-12,19H2,(H,20,21,22). The lowest BCUT2D eigenvalue weighted by Crippen LogP contribution is -2.24. The van der Waals surface area contributed by atoms with Crippen molar-refractivity contribution in [1.82, 2.24) is 4.98 Å². The predicted molar refractivity (Wildman–Crippen MR) is 90.3 cm³/mol. The van der Waals surface area contributed by atoms with Crippen molar-refractivity contribution in [3.05, 3.63) is 18.3 Å². The molecule has 0 bridgehead atoms. The van der Waals surface area contributed by atoms with Crippen molar-refractivity contribution in [3.8, 4) is 5.75 Å². The molecule has 3 N–H and O–H groups in total. The Kier molecular flexibility index (Phi) is 5.49. The fourth-order valence-electron chi connectivity index (χ4n) is 3.64. The zero-order valence-corrected chi connectivity index (χ0v) is 13.7. The molecule has 2 fully saturated rings. The summed E-state index contributed by atoms with van der Waals surface area (Å²) < 4.78 is 5.96. The molecule has 5 nitrogen and oxygen atoms in total. The van der Waals surface area contributed by atoms with Crippen LogP contribution in [0.15, 0.2) is 18.3 Å². The van der Waals surface area contributed by atoms with Gasteiger partial charge in [-0.15, -0.1) is 0 Å². The minimum absolute atomic E-state index is 0.00167. The molecule has 2 atom stereocenters. The van der Waals surface area contributed by atoms with E-state index in [1.165, 1.54) is 32.1 Å². The van der Waals surface area contributed by atoms with Gasteiger partial charge in [0.05, 0.1) is 6.61 Å². The van der Waals surface area contributed by atoms with E-state index in [9.17, 15) is 4.79 Å². The smallest absolute Gasteiger partial charge is 0.228 e. The number of hydrogen-bond acceptors (Lipinski definition) is 4. The van der Waals surface area contributed by atoms with Crippen LogP contribution in [0.25, 0.3) is 0 Å². The van der Waals surface area contributed by atoms with Crippen molar-refractivity contribution >= 4 is 11.7 Å². The Balaban J connectivity index is 1.57. The number of nitrogens with one attached hydrogen (secondary N) is 1. The highest BCUT2D eigenvalue weighted by Crippen LogP contribution is 2.29. The summed E-state index contributed by atoms with van der Waals surface area (Å²) in [5, 5.41) is 2.93. The van der Waals surface area contributed by atoms with Gasteiger partial charge in [0.2, 0.25) is 5.91 Å². The number of anilines is 1. The van der Waals surface area contributed by atoms with Crippen LogP contribution in [0.2, 0.25) is 0 Å². The lowest BCUT2D eigenvalue weighted by Gasteiger charge is -2.22. The molecule has 0 aromatic carbocycles. The molecule has 126 valence electrons. The highest BCUT2D eigenvalue weighted by atomic mass is 16.5. The Bertz CT molecular complexity index is 529. The predicted octanol–water partition coefficient (Wildman–Crippen LogP) is 3.11. The molecule has 0 aliphatic heterocycles. The number of nitrogens with two attached hydrogens (primary N) is 1. The lowest BCUT2D eigenvalue weighted by molar-refractivity contribution is -0.119. The van der Waals surface area contributed by atoms with Crippen LogP contribution in [0, 0.1) is 11.8 Å². The molecular weight excluding hydrogens is 290 g/mol. The first-order valence-electron chi connectivity index (χ1n) is 8.86. The highest BCUT2D eigenvalue weighted by molar-refractivity contribution is 5.93. The second-order valence-electron chi connectivity index (χ2n) is 6.92. The average molecular weight is 317 g/mol. The van der Waals surface area contributed by atoms with Crippen LogP contribution in [-0.2, 0) is 4.79 Å². The second kappa shape index (κ2) is 7.77. The van der Waals surface area contributed by atoms with E-state index in [0.29, 0.717) is 24.1 Å². The van der Waals surface area contributed by atoms with Gasteiger partial charge in [-0.2, -0.15) is 0 Å². The van der Waals surface area contributed by atoms with E-state index >= 15 is 0 Å². The third kappa shape index (κ3) is 4.44. The number of carbonyl (C=O) groups is 1. The first kappa shape index (κ1) is 16.2. The summed E-state index contributed by atoms with van der Waals surface area (Å²) in [6.07, 6.45) is 10.6. The van der Waals surface area contributed by atoms with Crippen LogP contribution in [0.5, 0.6) is 5.75 Å². The van der Waals surface area contributed by atoms with Gasteiger partial charge in [-0.25, -0.2) is 4.98 Å². The first-order chi connectivity index (χ1) is 11.2. The van der Waals surface area contributed by atoms with Gasteiger partial charge < -0.3 is 15.8 Å². The van der Waals surface area contributed by atoms with E-state index in [-0.39, 0.29) is 17.9 Å². The Hall–Kier alpha value is -1.62. The van der Waals surface area contributed by atoms with E-state index < -0.39 is 0 Å². The van der Waals surface area contributed by atoms with Gasteiger partial charge in [-0.1, -0.05) is 19.3 Å². The molecule has 5 heteroatoms. The van der Waals surface area contributed by atoms with Gasteiger partial charge >= 0.3 is 0 Å². The Labute approximate surface area is 138 Å². The molecule has 1 amide bonds. The van der Waals surface area contributed by atoms with Crippen LogP contribution < -0.4 is 15.8 Å². The first-order valence-corrected chi connectivity index (χ1v) is 8.86. The number of rotatable bonds is 5. The maximum absolute atomic E-state index is 12.4. The van der Waals surface area contributed by atoms with Crippen molar-refractivity contribution in [2.75, 3.05) is 11.9 Å². The molecule has 2 aliphatic rings. The van der Waals surface area contributed by atoms with Crippen LogP contribution in [0.3, 0.4) is 0 Å². The number of aromatic nitrogens is 1. The van der Waals surface area contributed by atoms with Crippen LogP contribution in [-0.4, -0.2) is 23.5 Å². The molecule has 2 aliphatic carbocycles. The monoisotopic (exact) mass is 317 g/mol. The molecule has 0 radical (unpaired) electrons. The average Bonchev–Trinajstić information content (AvgIpc) is 3.02. The largest absolute Gasteiger partial charge is 0.489 e. The molecule has 1 aromatic heterocycles. The van der Waals surface area contributed by atoms with Crippen LogP contribution in [0.1, 0.15) is 51.4 Å². The molecule has 2 unspecified atom stereocenters. The zero-order valence-electron chi connectivity index (χ0n) is 13.7. The quantitative estimate of drug-likeness (QED) is 0.875. The van der Waals surface area contributed by atoms with Crippen molar-refractivity contribution < 1.29 is 9.53 Å². The molecule has 1 aromatic rings. The lowest BCUT2D eigenvalue weighted by atomic mass is 9.90. The summed E-state index contributed by atoms with van der Waals surface area (Å²) >= 11 is 0. The van der Waals surface area contributed by atoms with Crippen LogP contribution >= 0.6 is 0 Å². The summed E-state index contributed by atoms with van der Waals surface area (Å²) in [6.45, 7) is 0.711. The Morgan fingerprint density at radius 2 is 2.09 bits per heavy atom. The van der Waals surface area contributed by atoms with Crippen LogP contribution in [0.4, 0.5) is 5.82 Å².